The van der Waals surface area contributed by atoms with Gasteiger partial charge in [-0.1, -0.05) is 18.6 Å². The number of halogens is 8. The van der Waals surface area contributed by atoms with Crippen LogP contribution in [0.3, 0.4) is 0 Å². The third-order valence-corrected chi connectivity index (χ3v) is 8.02. The number of hydrogen-bond donors (Lipinski definition) is 0. The number of rotatable bonds is 11. The molecule has 13 heteroatoms. The van der Waals surface area contributed by atoms with Crippen LogP contribution >= 0.6 is 0 Å². The molecule has 0 bridgehead atoms. The van der Waals surface area contributed by atoms with Gasteiger partial charge in [0.2, 0.25) is 0 Å². The highest BCUT2D eigenvalue weighted by Crippen LogP contribution is 2.42. The lowest BCUT2D eigenvalue weighted by atomic mass is 9.80. The highest BCUT2D eigenvalue weighted by molar-refractivity contribution is 5.91. The summed E-state index contributed by atoms with van der Waals surface area (Å²) in [6, 6.07) is 1.84. The van der Waals surface area contributed by atoms with Crippen LogP contribution in [-0.2, 0) is 15.7 Å². The molecule has 248 valence electrons. The summed E-state index contributed by atoms with van der Waals surface area (Å²) >= 11 is 0. The van der Waals surface area contributed by atoms with Crippen LogP contribution in [0.1, 0.15) is 74.2 Å². The van der Waals surface area contributed by atoms with Crippen molar-refractivity contribution in [3.8, 4) is 11.5 Å². The van der Waals surface area contributed by atoms with Gasteiger partial charge < -0.3 is 18.9 Å². The van der Waals surface area contributed by atoms with Gasteiger partial charge in [-0.25, -0.2) is 18.0 Å². The first-order valence-electron chi connectivity index (χ1n) is 14.8. The number of carbonyl (C=O) groups excluding carboxylic acids is 1. The van der Waals surface area contributed by atoms with E-state index in [-0.39, 0.29) is 30.9 Å². The largest absolute Gasteiger partial charge is 0.432 e. The van der Waals surface area contributed by atoms with Crippen LogP contribution in [0.2, 0.25) is 0 Å². The lowest BCUT2D eigenvalue weighted by Gasteiger charge is -2.39. The van der Waals surface area contributed by atoms with Crippen molar-refractivity contribution in [1.29, 1.82) is 0 Å². The minimum absolute atomic E-state index is 0.0499. The maximum absolute atomic E-state index is 15.0. The van der Waals surface area contributed by atoms with Crippen LogP contribution in [0, 0.1) is 35.2 Å². The minimum atomic E-state index is -5.02. The molecule has 1 heterocycles. The number of benzene rings is 2. The van der Waals surface area contributed by atoms with Crippen molar-refractivity contribution in [2.24, 2.45) is 17.8 Å². The topological polar surface area (TPSA) is 54.0 Å². The zero-order chi connectivity index (χ0) is 32.8. The molecule has 1 saturated carbocycles. The Balaban J connectivity index is 1.28. The summed E-state index contributed by atoms with van der Waals surface area (Å²) in [5, 5.41) is 0. The summed E-state index contributed by atoms with van der Waals surface area (Å²) in [5.74, 6) is -9.42. The van der Waals surface area contributed by atoms with Crippen molar-refractivity contribution in [2.45, 2.75) is 76.9 Å². The van der Waals surface area contributed by atoms with E-state index in [4.69, 9.17) is 9.47 Å². The van der Waals surface area contributed by atoms with Gasteiger partial charge in [-0.15, -0.1) is 0 Å². The Labute approximate surface area is 255 Å². The second kappa shape index (κ2) is 14.9. The van der Waals surface area contributed by atoms with Crippen LogP contribution in [0.15, 0.2) is 42.5 Å². The van der Waals surface area contributed by atoms with Crippen molar-refractivity contribution in [3.63, 3.8) is 0 Å². The molecule has 45 heavy (non-hydrogen) atoms. The average Bonchev–Trinajstić information content (AvgIpc) is 2.96. The molecule has 1 aliphatic heterocycles. The predicted molar refractivity (Wildman–Crippen MR) is 146 cm³/mol. The van der Waals surface area contributed by atoms with Crippen LogP contribution in [0.4, 0.5) is 35.1 Å². The Hall–Kier alpha value is -3.19. The Bertz CT molecular complexity index is 1310. The second-order valence-electron chi connectivity index (χ2n) is 11.3. The first-order valence-corrected chi connectivity index (χ1v) is 14.8. The molecule has 0 amide bonds. The Morgan fingerprint density at radius 2 is 1.51 bits per heavy atom. The molecule has 1 aliphatic carbocycles. The molecule has 0 atom stereocenters. The molecule has 0 radical (unpaired) electrons. The highest BCUT2D eigenvalue weighted by atomic mass is 19.4. The quantitative estimate of drug-likeness (QED) is 0.0798. The SMILES string of the molecule is C/C=C/CCCCC1COC(C2CCC(C(F)(F)Oc3cc(F)c(C(=O)Oc4ccc(C(F)(F)F)c(F)c4)c(F)c3)CC2)OC1. The molecule has 2 aliphatic rings. The van der Waals surface area contributed by atoms with E-state index in [2.05, 4.69) is 15.5 Å². The standard InChI is InChI=1S/C32H34F8O5/c1-2-3-4-5-6-7-19-17-42-30(43-18-19)20-8-10-21(11-9-20)32(39,40)45-23-15-26(34)28(27(35)16-23)29(41)44-22-12-13-24(25(33)14-22)31(36,37)38/h2-3,12-16,19-21,30H,4-11,17-18H2,1H3/b3-2+. The zero-order valence-electron chi connectivity index (χ0n) is 24.5. The predicted octanol–water partition coefficient (Wildman–Crippen LogP) is 9.25. The van der Waals surface area contributed by atoms with E-state index < -0.39 is 70.5 Å². The Morgan fingerprint density at radius 1 is 0.889 bits per heavy atom. The van der Waals surface area contributed by atoms with Crippen LogP contribution < -0.4 is 9.47 Å². The summed E-state index contributed by atoms with van der Waals surface area (Å²) in [7, 11) is 0. The Kier molecular flexibility index (Phi) is 11.5. The van der Waals surface area contributed by atoms with Gasteiger partial charge in [-0.05, 0) is 64.0 Å². The van der Waals surface area contributed by atoms with Crippen molar-refractivity contribution in [3.05, 3.63) is 71.1 Å². The fourth-order valence-corrected chi connectivity index (χ4v) is 5.58. The van der Waals surface area contributed by atoms with Crippen molar-refractivity contribution < 1.29 is 58.9 Å². The average molecular weight is 651 g/mol. The van der Waals surface area contributed by atoms with E-state index in [0.717, 1.165) is 25.7 Å². The van der Waals surface area contributed by atoms with E-state index in [0.29, 0.717) is 50.2 Å². The molecule has 2 aromatic rings. The first kappa shape index (κ1) is 34.7. The van der Waals surface area contributed by atoms with Gasteiger partial charge in [-0.2, -0.15) is 22.0 Å². The van der Waals surface area contributed by atoms with E-state index in [1.54, 1.807) is 0 Å². The van der Waals surface area contributed by atoms with E-state index in [1.165, 1.54) is 0 Å². The van der Waals surface area contributed by atoms with E-state index in [1.807, 2.05) is 13.0 Å². The van der Waals surface area contributed by atoms with Crippen molar-refractivity contribution >= 4 is 5.97 Å². The summed E-state index contributed by atoms with van der Waals surface area (Å²) in [6.07, 6.45) is -0.107. The molecular formula is C32H34F8O5. The fourth-order valence-electron chi connectivity index (χ4n) is 5.58. The van der Waals surface area contributed by atoms with Crippen LogP contribution in [0.5, 0.6) is 11.5 Å². The van der Waals surface area contributed by atoms with Gasteiger partial charge in [0.15, 0.2) is 6.29 Å². The zero-order valence-corrected chi connectivity index (χ0v) is 24.5. The number of esters is 1. The van der Waals surface area contributed by atoms with Gasteiger partial charge in [0.25, 0.3) is 0 Å². The molecule has 4 rings (SSSR count). The van der Waals surface area contributed by atoms with Gasteiger partial charge in [0, 0.05) is 30.0 Å². The third kappa shape index (κ3) is 9.18. The molecule has 2 fully saturated rings. The van der Waals surface area contributed by atoms with Gasteiger partial charge in [0.05, 0.1) is 24.7 Å². The van der Waals surface area contributed by atoms with Crippen molar-refractivity contribution in [2.75, 3.05) is 13.2 Å². The second-order valence-corrected chi connectivity index (χ2v) is 11.3. The lowest BCUT2D eigenvalue weighted by molar-refractivity contribution is -0.248. The molecule has 0 N–H and O–H groups in total. The van der Waals surface area contributed by atoms with Crippen molar-refractivity contribution in [1.82, 2.24) is 0 Å². The van der Waals surface area contributed by atoms with Gasteiger partial charge >= 0.3 is 18.3 Å². The number of alkyl halides is 5. The maximum Gasteiger partial charge on any atom is 0.419 e. The van der Waals surface area contributed by atoms with Crippen LogP contribution in [-0.4, -0.2) is 31.6 Å². The normalized spacial score (nSPS) is 22.9. The first-order chi connectivity index (χ1) is 21.3. The number of hydrogen-bond acceptors (Lipinski definition) is 5. The molecule has 2 aromatic carbocycles. The molecule has 0 unspecified atom stereocenters. The highest BCUT2D eigenvalue weighted by Gasteiger charge is 2.46. The van der Waals surface area contributed by atoms with E-state index >= 15 is 8.78 Å². The van der Waals surface area contributed by atoms with Gasteiger partial charge in [0.1, 0.15) is 34.5 Å². The molecule has 0 aromatic heterocycles. The monoisotopic (exact) mass is 650 g/mol. The molecule has 1 saturated heterocycles. The van der Waals surface area contributed by atoms with E-state index in [9.17, 15) is 31.1 Å². The maximum atomic E-state index is 15.0. The number of carbonyl (C=O) groups is 1. The minimum Gasteiger partial charge on any atom is -0.432 e. The molecule has 0 spiro atoms. The smallest absolute Gasteiger partial charge is 0.419 e. The molecular weight excluding hydrogens is 616 g/mol. The summed E-state index contributed by atoms with van der Waals surface area (Å²) < 4.78 is 132. The number of allylic oxidation sites excluding steroid dienone is 2. The van der Waals surface area contributed by atoms with Crippen LogP contribution in [0.25, 0.3) is 0 Å². The third-order valence-electron chi connectivity index (χ3n) is 8.02. The summed E-state index contributed by atoms with van der Waals surface area (Å²) in [4.78, 5) is 12.3. The number of unbranched alkanes of at least 4 members (excludes halogenated alkanes) is 2. The number of ether oxygens (including phenoxy) is 4. The molecule has 5 nitrogen and oxygen atoms in total. The summed E-state index contributed by atoms with van der Waals surface area (Å²) in [5.41, 5.74) is -2.96. The fraction of sp³-hybridized carbons (Fsp3) is 0.531. The lowest BCUT2D eigenvalue weighted by Crippen LogP contribution is -2.42. The Morgan fingerprint density at radius 3 is 2.09 bits per heavy atom. The summed E-state index contributed by atoms with van der Waals surface area (Å²) in [6.45, 7) is 3.09. The van der Waals surface area contributed by atoms with Gasteiger partial charge in [-0.3, -0.25) is 0 Å².